The van der Waals surface area contributed by atoms with Crippen LogP contribution in [0.4, 0.5) is 4.39 Å². The Kier molecular flexibility index (Phi) is 6.20. The zero-order valence-electron chi connectivity index (χ0n) is 18.3. The number of benzene rings is 1. The number of carbonyl (C=O) groups is 1. The van der Waals surface area contributed by atoms with E-state index in [1.165, 1.54) is 31.5 Å². The van der Waals surface area contributed by atoms with Gasteiger partial charge in [0.25, 0.3) is 0 Å². The molecule has 0 saturated carbocycles. The fourth-order valence-corrected chi connectivity index (χ4v) is 4.80. The monoisotopic (exact) mass is 413 g/mol. The molecule has 0 radical (unpaired) electrons. The van der Waals surface area contributed by atoms with Crippen molar-refractivity contribution >= 4 is 5.91 Å². The zero-order valence-corrected chi connectivity index (χ0v) is 18.3. The van der Waals surface area contributed by atoms with Crippen LogP contribution in [0.15, 0.2) is 24.3 Å². The minimum atomic E-state index is -0.269. The Morgan fingerprint density at radius 1 is 1.10 bits per heavy atom. The molecule has 1 unspecified atom stereocenters. The van der Waals surface area contributed by atoms with Crippen LogP contribution in [0.2, 0.25) is 0 Å². The van der Waals surface area contributed by atoms with Crippen LogP contribution in [0.3, 0.4) is 0 Å². The molecule has 2 saturated heterocycles. The average molecular weight is 414 g/mol. The molecule has 2 fully saturated rings. The number of likely N-dealkylation sites (tertiary alicyclic amines) is 1. The first-order valence-corrected chi connectivity index (χ1v) is 10.9. The maximum atomic E-state index is 13.2. The van der Waals surface area contributed by atoms with E-state index in [0.29, 0.717) is 12.5 Å². The standard InChI is InChI=1S/C23H32FN5O/c1-17-22(18(2)29(25-17)20-8-6-19(24)7-9-20)15-23(30)28-13-11-27(12-14-28)21-5-4-10-26(3)16-21/h6-9,21H,4-5,10-16H2,1-3H3. The molecule has 1 amide bonds. The number of likely N-dealkylation sites (N-methyl/N-ethyl adjacent to an activating group) is 1. The second-order valence-electron chi connectivity index (χ2n) is 8.69. The topological polar surface area (TPSA) is 44.6 Å². The number of piperidine rings is 1. The Bertz CT molecular complexity index is 886. The van der Waals surface area contributed by atoms with E-state index in [0.717, 1.165) is 55.4 Å². The molecular weight excluding hydrogens is 381 g/mol. The van der Waals surface area contributed by atoms with E-state index in [4.69, 9.17) is 0 Å². The van der Waals surface area contributed by atoms with Gasteiger partial charge in [0.15, 0.2) is 0 Å². The lowest BCUT2D eigenvalue weighted by molar-refractivity contribution is -0.132. The molecule has 30 heavy (non-hydrogen) atoms. The predicted octanol–water partition coefficient (Wildman–Crippen LogP) is 2.41. The molecule has 162 valence electrons. The maximum absolute atomic E-state index is 13.2. The molecular formula is C23H32FN5O. The third-order valence-electron chi connectivity index (χ3n) is 6.62. The molecule has 1 aromatic heterocycles. The molecule has 6 nitrogen and oxygen atoms in total. The second kappa shape index (κ2) is 8.86. The Labute approximate surface area is 178 Å². The molecule has 0 bridgehead atoms. The van der Waals surface area contributed by atoms with Gasteiger partial charge in [0.05, 0.1) is 17.8 Å². The highest BCUT2D eigenvalue weighted by Crippen LogP contribution is 2.21. The highest BCUT2D eigenvalue weighted by atomic mass is 19.1. The van der Waals surface area contributed by atoms with Crippen molar-refractivity contribution in [3.63, 3.8) is 0 Å². The predicted molar refractivity (Wildman–Crippen MR) is 115 cm³/mol. The summed E-state index contributed by atoms with van der Waals surface area (Å²) in [5.74, 6) is -0.102. The minimum absolute atomic E-state index is 0.167. The lowest BCUT2D eigenvalue weighted by Gasteiger charge is -2.42. The van der Waals surface area contributed by atoms with Gasteiger partial charge in [0.1, 0.15) is 5.82 Å². The SMILES string of the molecule is Cc1nn(-c2ccc(F)cc2)c(C)c1CC(=O)N1CCN(C2CCCN(C)C2)CC1. The molecule has 2 aliphatic heterocycles. The normalized spacial score (nSPS) is 21.2. The summed E-state index contributed by atoms with van der Waals surface area (Å²) in [6.07, 6.45) is 2.89. The fourth-order valence-electron chi connectivity index (χ4n) is 4.80. The van der Waals surface area contributed by atoms with Crippen LogP contribution in [0.1, 0.15) is 29.8 Å². The van der Waals surface area contributed by atoms with E-state index in [2.05, 4.69) is 21.9 Å². The molecule has 4 rings (SSSR count). The number of halogens is 1. The summed E-state index contributed by atoms with van der Waals surface area (Å²) < 4.78 is 15.0. The summed E-state index contributed by atoms with van der Waals surface area (Å²) in [7, 11) is 2.20. The summed E-state index contributed by atoms with van der Waals surface area (Å²) in [5.41, 5.74) is 3.58. The molecule has 3 heterocycles. The van der Waals surface area contributed by atoms with Gasteiger partial charge in [-0.15, -0.1) is 0 Å². The molecule has 1 atom stereocenters. The van der Waals surface area contributed by atoms with E-state index in [1.807, 2.05) is 18.7 Å². The van der Waals surface area contributed by atoms with Gasteiger partial charge < -0.3 is 9.80 Å². The van der Waals surface area contributed by atoms with E-state index < -0.39 is 0 Å². The highest BCUT2D eigenvalue weighted by molar-refractivity contribution is 5.79. The van der Waals surface area contributed by atoms with Gasteiger partial charge in [-0.25, -0.2) is 9.07 Å². The Balaban J connectivity index is 1.38. The number of aryl methyl sites for hydroxylation is 1. The zero-order chi connectivity index (χ0) is 21.3. The first-order valence-electron chi connectivity index (χ1n) is 10.9. The lowest BCUT2D eigenvalue weighted by atomic mass is 10.0. The van der Waals surface area contributed by atoms with Gasteiger partial charge in [-0.05, 0) is 64.5 Å². The highest BCUT2D eigenvalue weighted by Gasteiger charge is 2.29. The van der Waals surface area contributed by atoms with E-state index in [9.17, 15) is 9.18 Å². The van der Waals surface area contributed by atoms with Crippen LogP contribution in [-0.2, 0) is 11.2 Å². The van der Waals surface area contributed by atoms with Crippen LogP contribution < -0.4 is 0 Å². The van der Waals surface area contributed by atoms with Crippen LogP contribution in [0.5, 0.6) is 0 Å². The Morgan fingerprint density at radius 2 is 1.80 bits per heavy atom. The molecule has 0 spiro atoms. The number of carbonyl (C=O) groups excluding carboxylic acids is 1. The summed E-state index contributed by atoms with van der Waals surface area (Å²) in [4.78, 5) is 20.0. The van der Waals surface area contributed by atoms with Crippen molar-refractivity contribution in [3.8, 4) is 5.69 Å². The maximum Gasteiger partial charge on any atom is 0.227 e. The lowest BCUT2D eigenvalue weighted by Crippen LogP contribution is -2.55. The van der Waals surface area contributed by atoms with E-state index >= 15 is 0 Å². The van der Waals surface area contributed by atoms with Crippen molar-refractivity contribution in [2.24, 2.45) is 0 Å². The number of hydrogen-bond donors (Lipinski definition) is 0. The Hall–Kier alpha value is -2.25. The number of aromatic nitrogens is 2. The van der Waals surface area contributed by atoms with Crippen LogP contribution in [0, 0.1) is 19.7 Å². The summed E-state index contributed by atoms with van der Waals surface area (Å²) >= 11 is 0. The largest absolute Gasteiger partial charge is 0.340 e. The van der Waals surface area contributed by atoms with Gasteiger partial charge >= 0.3 is 0 Å². The van der Waals surface area contributed by atoms with Gasteiger partial charge in [0.2, 0.25) is 5.91 Å². The second-order valence-corrected chi connectivity index (χ2v) is 8.69. The number of amides is 1. The fraction of sp³-hybridized carbons (Fsp3) is 0.565. The van der Waals surface area contributed by atoms with Crippen molar-refractivity contribution in [2.75, 3.05) is 46.3 Å². The molecule has 0 N–H and O–H groups in total. The number of rotatable bonds is 4. The van der Waals surface area contributed by atoms with Gasteiger partial charge in [0, 0.05) is 50.0 Å². The first-order chi connectivity index (χ1) is 14.4. The summed E-state index contributed by atoms with van der Waals surface area (Å²) in [5, 5.41) is 4.60. The molecule has 2 aliphatic rings. The van der Waals surface area contributed by atoms with Gasteiger partial charge in [-0.3, -0.25) is 9.69 Å². The number of nitrogens with zero attached hydrogens (tertiary/aromatic N) is 5. The minimum Gasteiger partial charge on any atom is -0.340 e. The van der Waals surface area contributed by atoms with Crippen LogP contribution in [-0.4, -0.2) is 82.7 Å². The molecule has 2 aromatic rings. The first kappa shape index (κ1) is 21.0. The quantitative estimate of drug-likeness (QED) is 0.772. The van der Waals surface area contributed by atoms with E-state index in [1.54, 1.807) is 16.8 Å². The Morgan fingerprint density at radius 3 is 2.47 bits per heavy atom. The average Bonchev–Trinajstić information content (AvgIpc) is 3.02. The summed E-state index contributed by atoms with van der Waals surface area (Å²) in [6.45, 7) is 9.74. The van der Waals surface area contributed by atoms with Crippen molar-refractivity contribution in [2.45, 2.75) is 39.2 Å². The van der Waals surface area contributed by atoms with Gasteiger partial charge in [-0.1, -0.05) is 0 Å². The van der Waals surface area contributed by atoms with Crippen molar-refractivity contribution in [3.05, 3.63) is 47.0 Å². The van der Waals surface area contributed by atoms with Crippen molar-refractivity contribution in [1.82, 2.24) is 24.5 Å². The number of piperazine rings is 1. The summed E-state index contributed by atoms with van der Waals surface area (Å²) in [6, 6.07) is 6.91. The van der Waals surface area contributed by atoms with Crippen molar-refractivity contribution in [1.29, 1.82) is 0 Å². The molecule has 0 aliphatic carbocycles. The third kappa shape index (κ3) is 4.42. The van der Waals surface area contributed by atoms with Crippen LogP contribution in [0.25, 0.3) is 5.69 Å². The molecule has 7 heteroatoms. The van der Waals surface area contributed by atoms with E-state index in [-0.39, 0.29) is 11.7 Å². The van der Waals surface area contributed by atoms with Gasteiger partial charge in [-0.2, -0.15) is 5.10 Å². The van der Waals surface area contributed by atoms with Crippen LogP contribution >= 0.6 is 0 Å². The third-order valence-corrected chi connectivity index (χ3v) is 6.62. The molecule has 1 aromatic carbocycles. The number of hydrogen-bond acceptors (Lipinski definition) is 4. The smallest absolute Gasteiger partial charge is 0.227 e. The van der Waals surface area contributed by atoms with Crippen molar-refractivity contribution < 1.29 is 9.18 Å².